The van der Waals surface area contributed by atoms with Crippen LogP contribution in [0.1, 0.15) is 36.4 Å². The monoisotopic (exact) mass is 404 g/mol. The Morgan fingerprint density at radius 3 is 2.28 bits per heavy atom. The first-order valence-corrected chi connectivity index (χ1v) is 7.91. The molecular formula is C16H22Cl2F4N2O. The summed E-state index contributed by atoms with van der Waals surface area (Å²) in [5.74, 6) is -1.49. The highest BCUT2D eigenvalue weighted by Gasteiger charge is 2.41. The van der Waals surface area contributed by atoms with E-state index in [9.17, 15) is 22.7 Å². The van der Waals surface area contributed by atoms with Crippen LogP contribution in [0.25, 0.3) is 0 Å². The van der Waals surface area contributed by atoms with Crippen LogP contribution in [-0.4, -0.2) is 36.2 Å². The van der Waals surface area contributed by atoms with Crippen molar-refractivity contribution in [1.82, 2.24) is 10.2 Å². The molecule has 0 aromatic heterocycles. The molecular weight excluding hydrogens is 383 g/mol. The molecule has 0 amide bonds. The predicted molar refractivity (Wildman–Crippen MR) is 92.1 cm³/mol. The number of alkyl halides is 3. The second-order valence-corrected chi connectivity index (χ2v) is 6.34. The number of nitrogens with zero attached hydrogens (tertiary/aromatic N) is 1. The van der Waals surface area contributed by atoms with Gasteiger partial charge in [-0.2, -0.15) is 13.2 Å². The van der Waals surface area contributed by atoms with Crippen molar-refractivity contribution in [3.8, 4) is 5.75 Å². The Balaban J connectivity index is 0.00000156. The van der Waals surface area contributed by atoms with Crippen LogP contribution in [0.2, 0.25) is 0 Å². The molecule has 1 saturated carbocycles. The van der Waals surface area contributed by atoms with Gasteiger partial charge in [0.15, 0.2) is 11.6 Å². The predicted octanol–water partition coefficient (Wildman–Crippen LogP) is 4.14. The van der Waals surface area contributed by atoms with E-state index in [1.54, 1.807) is 0 Å². The first-order chi connectivity index (χ1) is 10.9. The van der Waals surface area contributed by atoms with Crippen LogP contribution in [0.4, 0.5) is 17.6 Å². The molecule has 0 unspecified atom stereocenters. The van der Waals surface area contributed by atoms with Crippen molar-refractivity contribution < 1.29 is 22.7 Å². The number of hydrogen-bond acceptors (Lipinski definition) is 3. The first kappa shape index (κ1) is 22.3. The van der Waals surface area contributed by atoms with Gasteiger partial charge in [0.05, 0.1) is 5.56 Å². The van der Waals surface area contributed by atoms with Gasteiger partial charge < -0.3 is 10.4 Å². The molecule has 0 radical (unpaired) electrons. The number of nitrogens with one attached hydrogen (secondary N) is 1. The van der Waals surface area contributed by atoms with Crippen molar-refractivity contribution in [2.75, 3.05) is 26.2 Å². The Hall–Kier alpha value is -0.760. The van der Waals surface area contributed by atoms with Crippen molar-refractivity contribution in [2.24, 2.45) is 5.92 Å². The summed E-state index contributed by atoms with van der Waals surface area (Å²) in [4.78, 5) is 1.93. The van der Waals surface area contributed by atoms with Crippen LogP contribution < -0.4 is 5.32 Å². The molecule has 3 rings (SSSR count). The topological polar surface area (TPSA) is 35.5 Å². The summed E-state index contributed by atoms with van der Waals surface area (Å²) >= 11 is 0. The number of hydrogen-bond donors (Lipinski definition) is 2. The summed E-state index contributed by atoms with van der Waals surface area (Å²) in [6.45, 7) is 2.53. The third-order valence-electron chi connectivity index (χ3n) is 4.65. The Bertz CT molecular complexity index is 576. The van der Waals surface area contributed by atoms with E-state index in [4.69, 9.17) is 0 Å². The van der Waals surface area contributed by atoms with Crippen molar-refractivity contribution in [3.05, 3.63) is 29.1 Å². The van der Waals surface area contributed by atoms with Crippen LogP contribution >= 0.6 is 24.8 Å². The van der Waals surface area contributed by atoms with E-state index < -0.39 is 29.3 Å². The minimum Gasteiger partial charge on any atom is -0.505 e. The zero-order valence-corrected chi connectivity index (χ0v) is 15.1. The smallest absolute Gasteiger partial charge is 0.416 e. The van der Waals surface area contributed by atoms with E-state index in [1.807, 2.05) is 4.90 Å². The van der Waals surface area contributed by atoms with Crippen molar-refractivity contribution in [3.63, 3.8) is 0 Å². The lowest BCUT2D eigenvalue weighted by atomic mass is 9.92. The zero-order valence-electron chi connectivity index (χ0n) is 13.5. The Labute approximate surface area is 156 Å². The minimum atomic E-state index is -4.61. The molecule has 2 N–H and O–H groups in total. The molecule has 1 aromatic rings. The Kier molecular flexibility index (Phi) is 7.80. The zero-order chi connectivity index (χ0) is 16.6. The second-order valence-electron chi connectivity index (χ2n) is 6.34. The number of phenolic OH excluding ortho intramolecular Hbond substituents is 1. The molecule has 1 atom stereocenters. The Morgan fingerprint density at radius 2 is 1.76 bits per heavy atom. The molecule has 144 valence electrons. The van der Waals surface area contributed by atoms with Crippen LogP contribution in [0, 0.1) is 11.7 Å². The van der Waals surface area contributed by atoms with E-state index in [2.05, 4.69) is 5.32 Å². The lowest BCUT2D eigenvalue weighted by molar-refractivity contribution is -0.139. The van der Waals surface area contributed by atoms with E-state index in [-0.39, 0.29) is 30.4 Å². The molecule has 25 heavy (non-hydrogen) atoms. The first-order valence-electron chi connectivity index (χ1n) is 7.91. The summed E-state index contributed by atoms with van der Waals surface area (Å²) in [6.07, 6.45) is -2.11. The van der Waals surface area contributed by atoms with Gasteiger partial charge in [-0.3, -0.25) is 4.90 Å². The fourth-order valence-electron chi connectivity index (χ4n) is 3.28. The SMILES string of the molecule is Cl.Cl.Oc1c(F)ccc(C(F)(F)F)c1[C@H](CC1CC1)N1CCNCC1. The fourth-order valence-corrected chi connectivity index (χ4v) is 3.28. The molecule has 1 aliphatic carbocycles. The molecule has 1 aliphatic heterocycles. The summed E-state index contributed by atoms with van der Waals surface area (Å²) < 4.78 is 53.9. The normalized spacial score (nSPS) is 19.7. The maximum Gasteiger partial charge on any atom is 0.416 e. The molecule has 2 aliphatic rings. The van der Waals surface area contributed by atoms with Crippen molar-refractivity contribution in [2.45, 2.75) is 31.5 Å². The number of halogens is 6. The highest BCUT2D eigenvalue weighted by molar-refractivity contribution is 5.85. The third kappa shape index (κ3) is 5.12. The molecule has 9 heteroatoms. The van der Waals surface area contributed by atoms with E-state index >= 15 is 0 Å². The quantitative estimate of drug-likeness (QED) is 0.740. The van der Waals surface area contributed by atoms with Crippen LogP contribution in [0.5, 0.6) is 5.75 Å². The molecule has 2 fully saturated rings. The summed E-state index contributed by atoms with van der Waals surface area (Å²) in [7, 11) is 0. The second kappa shape index (κ2) is 8.75. The van der Waals surface area contributed by atoms with E-state index in [0.717, 1.165) is 18.9 Å². The fraction of sp³-hybridized carbons (Fsp3) is 0.625. The van der Waals surface area contributed by atoms with E-state index in [1.165, 1.54) is 0 Å². The van der Waals surface area contributed by atoms with Crippen LogP contribution in [0.3, 0.4) is 0 Å². The molecule has 3 nitrogen and oxygen atoms in total. The molecule has 0 spiro atoms. The average Bonchev–Trinajstić information content (AvgIpc) is 3.32. The number of benzene rings is 1. The third-order valence-corrected chi connectivity index (χ3v) is 4.65. The minimum absolute atomic E-state index is 0. The van der Waals surface area contributed by atoms with E-state index in [0.29, 0.717) is 44.6 Å². The number of aromatic hydroxyl groups is 1. The highest BCUT2D eigenvalue weighted by Crippen LogP contribution is 2.47. The summed E-state index contributed by atoms with van der Waals surface area (Å²) in [6, 6.07) is 0.831. The van der Waals surface area contributed by atoms with Gasteiger partial charge in [-0.15, -0.1) is 24.8 Å². The Morgan fingerprint density at radius 1 is 1.16 bits per heavy atom. The van der Waals surface area contributed by atoms with Gasteiger partial charge in [0.25, 0.3) is 0 Å². The van der Waals surface area contributed by atoms with Gasteiger partial charge in [-0.1, -0.05) is 12.8 Å². The molecule has 1 aromatic carbocycles. The number of rotatable bonds is 4. The van der Waals surface area contributed by atoms with Gasteiger partial charge in [0.2, 0.25) is 0 Å². The number of piperazine rings is 1. The molecule has 1 heterocycles. The van der Waals surface area contributed by atoms with Crippen molar-refractivity contribution in [1.29, 1.82) is 0 Å². The van der Waals surface area contributed by atoms with Gasteiger partial charge in [-0.05, 0) is 24.5 Å². The van der Waals surface area contributed by atoms with Crippen LogP contribution in [0.15, 0.2) is 12.1 Å². The van der Waals surface area contributed by atoms with Gasteiger partial charge in [0, 0.05) is 37.8 Å². The summed E-state index contributed by atoms with van der Waals surface area (Å²) in [5, 5.41) is 13.2. The molecule has 0 bridgehead atoms. The average molecular weight is 405 g/mol. The lowest BCUT2D eigenvalue weighted by Crippen LogP contribution is -2.45. The summed E-state index contributed by atoms with van der Waals surface area (Å²) in [5.41, 5.74) is -1.23. The standard InChI is InChI=1S/C16H20F4N2O.2ClH/c17-12-4-3-11(16(18,19)20)14(15(12)23)13(9-10-1-2-10)22-7-5-21-6-8-22;;/h3-4,10,13,21,23H,1-2,5-9H2;2*1H/t13-;;/m0../s1. The van der Waals surface area contributed by atoms with Gasteiger partial charge in [0.1, 0.15) is 0 Å². The van der Waals surface area contributed by atoms with Gasteiger partial charge in [-0.25, -0.2) is 4.39 Å². The highest BCUT2D eigenvalue weighted by atomic mass is 35.5. The van der Waals surface area contributed by atoms with Crippen LogP contribution in [-0.2, 0) is 6.18 Å². The van der Waals surface area contributed by atoms with Gasteiger partial charge >= 0.3 is 6.18 Å². The maximum atomic E-state index is 13.8. The maximum absolute atomic E-state index is 13.8. The molecule has 1 saturated heterocycles. The largest absolute Gasteiger partial charge is 0.505 e. The van der Waals surface area contributed by atoms with Crippen molar-refractivity contribution >= 4 is 24.8 Å². The lowest BCUT2D eigenvalue weighted by Gasteiger charge is -2.36. The number of phenols is 1.